The second kappa shape index (κ2) is 8.57. The molecule has 0 aromatic heterocycles. The summed E-state index contributed by atoms with van der Waals surface area (Å²) in [6, 6.07) is 18.7. The van der Waals surface area contributed by atoms with Crippen LogP contribution in [0.25, 0.3) is 0 Å². The van der Waals surface area contributed by atoms with Gasteiger partial charge in [-0.1, -0.05) is 56.3 Å². The second-order valence-electron chi connectivity index (χ2n) is 7.91. The van der Waals surface area contributed by atoms with Crippen LogP contribution in [0.4, 0.5) is 5.69 Å². The molecule has 1 saturated heterocycles. The first-order chi connectivity index (χ1) is 13.0. The fourth-order valence-electron chi connectivity index (χ4n) is 3.56. The third-order valence-corrected chi connectivity index (χ3v) is 5.30. The van der Waals surface area contributed by atoms with Crippen LogP contribution in [0.3, 0.4) is 0 Å². The van der Waals surface area contributed by atoms with Crippen LogP contribution in [0.5, 0.6) is 0 Å². The van der Waals surface area contributed by atoms with E-state index >= 15 is 0 Å². The Morgan fingerprint density at radius 1 is 1.07 bits per heavy atom. The van der Waals surface area contributed by atoms with E-state index in [1.54, 1.807) is 0 Å². The quantitative estimate of drug-likeness (QED) is 0.838. The van der Waals surface area contributed by atoms with Gasteiger partial charge in [0.05, 0.1) is 19.3 Å². The minimum Gasteiger partial charge on any atom is -0.378 e. The fourth-order valence-corrected chi connectivity index (χ4v) is 3.56. The monoisotopic (exact) mass is 366 g/mol. The summed E-state index contributed by atoms with van der Waals surface area (Å²) in [7, 11) is 0. The molecule has 0 saturated carbocycles. The van der Waals surface area contributed by atoms with Crippen molar-refractivity contribution in [2.24, 2.45) is 0 Å². The van der Waals surface area contributed by atoms with Crippen LogP contribution < -0.4 is 10.2 Å². The summed E-state index contributed by atoms with van der Waals surface area (Å²) in [5.41, 5.74) is 3.33. The highest BCUT2D eigenvalue weighted by Crippen LogP contribution is 2.27. The number of nitrogens with zero attached hydrogens (tertiary/aromatic N) is 1. The number of carbonyl (C=O) groups excluding carboxylic acids is 1. The van der Waals surface area contributed by atoms with Gasteiger partial charge in [-0.05, 0) is 35.6 Å². The van der Waals surface area contributed by atoms with Crippen molar-refractivity contribution in [3.05, 3.63) is 65.7 Å². The summed E-state index contributed by atoms with van der Waals surface area (Å²) >= 11 is 0. The SMILES string of the molecule is CC(NC(=O)CC(C)(C)c1ccccc1)c1ccc(N2CCOCC2)cc1. The van der Waals surface area contributed by atoms with E-state index in [0.717, 1.165) is 31.9 Å². The third-order valence-electron chi connectivity index (χ3n) is 5.30. The lowest BCUT2D eigenvalue weighted by molar-refractivity contribution is -0.122. The number of benzene rings is 2. The summed E-state index contributed by atoms with van der Waals surface area (Å²) in [5.74, 6) is 0.0774. The molecule has 1 fully saturated rings. The van der Waals surface area contributed by atoms with E-state index in [0.29, 0.717) is 6.42 Å². The number of morpholine rings is 1. The van der Waals surface area contributed by atoms with Crippen LogP contribution >= 0.6 is 0 Å². The molecular formula is C23H30N2O2. The maximum absolute atomic E-state index is 12.6. The normalized spacial score (nSPS) is 16.0. The topological polar surface area (TPSA) is 41.6 Å². The first-order valence-electron chi connectivity index (χ1n) is 9.73. The van der Waals surface area contributed by atoms with Crippen molar-refractivity contribution in [3.63, 3.8) is 0 Å². The summed E-state index contributed by atoms with van der Waals surface area (Å²) in [6.45, 7) is 9.70. The van der Waals surface area contributed by atoms with Gasteiger partial charge in [-0.25, -0.2) is 0 Å². The Morgan fingerprint density at radius 2 is 1.70 bits per heavy atom. The summed E-state index contributed by atoms with van der Waals surface area (Å²) < 4.78 is 5.41. The molecule has 1 aliphatic rings. The predicted molar refractivity (Wildman–Crippen MR) is 110 cm³/mol. The first-order valence-corrected chi connectivity index (χ1v) is 9.73. The molecule has 2 aromatic carbocycles. The summed E-state index contributed by atoms with van der Waals surface area (Å²) in [6.07, 6.45) is 0.465. The van der Waals surface area contributed by atoms with Gasteiger partial charge in [-0.2, -0.15) is 0 Å². The lowest BCUT2D eigenvalue weighted by Gasteiger charge is -2.29. The van der Waals surface area contributed by atoms with Crippen LogP contribution in [0.2, 0.25) is 0 Å². The maximum Gasteiger partial charge on any atom is 0.221 e. The number of amides is 1. The van der Waals surface area contributed by atoms with Gasteiger partial charge < -0.3 is 15.0 Å². The number of ether oxygens (including phenoxy) is 1. The van der Waals surface area contributed by atoms with E-state index in [4.69, 9.17) is 4.74 Å². The summed E-state index contributed by atoms with van der Waals surface area (Å²) in [5, 5.41) is 3.15. The molecule has 1 heterocycles. The lowest BCUT2D eigenvalue weighted by atomic mass is 9.81. The van der Waals surface area contributed by atoms with Gasteiger partial charge in [0.25, 0.3) is 0 Å². The Morgan fingerprint density at radius 3 is 2.33 bits per heavy atom. The van der Waals surface area contributed by atoms with Gasteiger partial charge in [-0.3, -0.25) is 4.79 Å². The van der Waals surface area contributed by atoms with Crippen molar-refractivity contribution >= 4 is 11.6 Å². The zero-order valence-electron chi connectivity index (χ0n) is 16.6. The van der Waals surface area contributed by atoms with Crippen molar-refractivity contribution < 1.29 is 9.53 Å². The molecule has 2 aromatic rings. The molecule has 0 spiro atoms. The Hall–Kier alpha value is -2.33. The minimum absolute atomic E-state index is 0.0113. The Labute approximate surface area is 162 Å². The molecule has 4 heteroatoms. The Kier molecular flexibility index (Phi) is 6.17. The van der Waals surface area contributed by atoms with Gasteiger partial charge in [0, 0.05) is 25.2 Å². The van der Waals surface area contributed by atoms with Crippen molar-refractivity contribution in [1.82, 2.24) is 5.32 Å². The van der Waals surface area contributed by atoms with E-state index in [2.05, 4.69) is 60.5 Å². The van der Waals surface area contributed by atoms with Gasteiger partial charge in [-0.15, -0.1) is 0 Å². The van der Waals surface area contributed by atoms with E-state index in [-0.39, 0.29) is 17.4 Å². The highest BCUT2D eigenvalue weighted by molar-refractivity contribution is 5.78. The molecule has 1 atom stereocenters. The third kappa shape index (κ3) is 5.10. The van der Waals surface area contributed by atoms with Crippen molar-refractivity contribution in [1.29, 1.82) is 0 Å². The average Bonchev–Trinajstić information content (AvgIpc) is 2.69. The Bertz CT molecular complexity index is 735. The number of nitrogens with one attached hydrogen (secondary N) is 1. The molecule has 1 amide bonds. The largest absolute Gasteiger partial charge is 0.378 e. The standard InChI is InChI=1S/C23H30N2O2/c1-18(19-9-11-21(12-10-19)25-13-15-27-16-14-25)24-22(26)17-23(2,3)20-7-5-4-6-8-20/h4-12,18H,13-17H2,1-3H3,(H,24,26). The zero-order chi connectivity index (χ0) is 19.3. The van der Waals surface area contributed by atoms with Crippen LogP contribution in [-0.2, 0) is 14.9 Å². The molecule has 0 radical (unpaired) electrons. The highest BCUT2D eigenvalue weighted by Gasteiger charge is 2.25. The van der Waals surface area contributed by atoms with E-state index in [1.165, 1.54) is 11.3 Å². The molecule has 0 bridgehead atoms. The number of rotatable bonds is 6. The first kappa shape index (κ1) is 19.4. The van der Waals surface area contributed by atoms with Gasteiger partial charge >= 0.3 is 0 Å². The molecule has 0 aliphatic carbocycles. The second-order valence-corrected chi connectivity index (χ2v) is 7.91. The van der Waals surface area contributed by atoms with Crippen molar-refractivity contribution in [2.75, 3.05) is 31.2 Å². The van der Waals surface area contributed by atoms with Gasteiger partial charge in [0.1, 0.15) is 0 Å². The number of hydrogen-bond acceptors (Lipinski definition) is 3. The molecule has 27 heavy (non-hydrogen) atoms. The average molecular weight is 367 g/mol. The minimum atomic E-state index is -0.189. The van der Waals surface area contributed by atoms with Crippen molar-refractivity contribution in [2.45, 2.75) is 38.6 Å². The highest BCUT2D eigenvalue weighted by atomic mass is 16.5. The zero-order valence-corrected chi connectivity index (χ0v) is 16.6. The van der Waals surface area contributed by atoms with Crippen molar-refractivity contribution in [3.8, 4) is 0 Å². The van der Waals surface area contributed by atoms with Crippen LogP contribution in [0, 0.1) is 0 Å². The van der Waals surface area contributed by atoms with Crippen LogP contribution in [-0.4, -0.2) is 32.2 Å². The lowest BCUT2D eigenvalue weighted by Crippen LogP contribution is -2.36. The van der Waals surface area contributed by atoms with Crippen LogP contribution in [0.15, 0.2) is 54.6 Å². The molecular weight excluding hydrogens is 336 g/mol. The number of carbonyl (C=O) groups is 1. The number of anilines is 1. The molecule has 4 nitrogen and oxygen atoms in total. The maximum atomic E-state index is 12.6. The molecule has 1 N–H and O–H groups in total. The van der Waals surface area contributed by atoms with E-state index < -0.39 is 0 Å². The van der Waals surface area contributed by atoms with Crippen LogP contribution in [0.1, 0.15) is 44.4 Å². The molecule has 1 unspecified atom stereocenters. The molecule has 144 valence electrons. The van der Waals surface area contributed by atoms with Gasteiger partial charge in [0.2, 0.25) is 5.91 Å². The van der Waals surface area contributed by atoms with E-state index in [9.17, 15) is 4.79 Å². The van der Waals surface area contributed by atoms with Gasteiger partial charge in [0.15, 0.2) is 0 Å². The smallest absolute Gasteiger partial charge is 0.221 e. The fraction of sp³-hybridized carbons (Fsp3) is 0.435. The molecule has 3 rings (SSSR count). The summed E-state index contributed by atoms with van der Waals surface area (Å²) in [4.78, 5) is 14.9. The predicted octanol–water partition coefficient (Wildman–Crippen LogP) is 4.07. The van der Waals surface area contributed by atoms with E-state index in [1.807, 2.05) is 25.1 Å². The Balaban J connectivity index is 1.57. The number of hydrogen-bond donors (Lipinski definition) is 1. The molecule has 1 aliphatic heterocycles.